The molecule has 0 bridgehead atoms. The minimum absolute atomic E-state index is 0. The normalized spacial score (nSPS) is 10.7. The van der Waals surface area contributed by atoms with Gasteiger partial charge in [-0.1, -0.05) is 48.5 Å². The maximum atomic E-state index is 9.14. The van der Waals surface area contributed by atoms with Gasteiger partial charge in [0.1, 0.15) is 5.75 Å². The molecule has 108 valence electrons. The maximum Gasteiger partial charge on any atom is 1.00 e. The fourth-order valence-corrected chi connectivity index (χ4v) is 2.98. The van der Waals surface area contributed by atoms with Gasteiger partial charge in [0.25, 0.3) is 0 Å². The summed E-state index contributed by atoms with van der Waals surface area (Å²) in [5.74, 6) is 0.466. The van der Waals surface area contributed by atoms with Crippen molar-refractivity contribution in [3.8, 4) is 5.75 Å². The molecule has 0 atom stereocenters. The molecule has 23 heavy (non-hydrogen) atoms. The average Bonchev–Trinajstić information content (AvgIpc) is 2.52. The van der Waals surface area contributed by atoms with Crippen molar-refractivity contribution in [1.82, 2.24) is 0 Å². The summed E-state index contributed by atoms with van der Waals surface area (Å²) in [6.45, 7) is 0. The zero-order valence-corrected chi connectivity index (χ0v) is 12.7. The monoisotopic (exact) mass is 296 g/mol. The first-order valence-electron chi connectivity index (χ1n) is 7.09. The first-order valence-corrected chi connectivity index (χ1v) is 7.09. The Morgan fingerprint density at radius 1 is 0.739 bits per heavy atom. The summed E-state index contributed by atoms with van der Waals surface area (Å²) >= 11 is 0. The molecule has 0 saturated carbocycles. The second-order valence-corrected chi connectivity index (χ2v) is 5.28. The van der Waals surface area contributed by atoms with Gasteiger partial charge < -0.3 is 16.1 Å². The minimum Gasteiger partial charge on any atom is -1.00 e. The van der Waals surface area contributed by atoms with Gasteiger partial charge in [0.2, 0.25) is 0 Å². The van der Waals surface area contributed by atoms with E-state index in [1.807, 2.05) is 30.3 Å². The Morgan fingerprint density at radius 2 is 1.39 bits per heavy atom. The van der Waals surface area contributed by atoms with Crippen LogP contribution in [0, 0.1) is 0 Å². The smallest absolute Gasteiger partial charge is 1.00 e. The van der Waals surface area contributed by atoms with E-state index in [1.165, 1.54) is 5.39 Å². The molecule has 0 aliphatic rings. The Hall–Kier alpha value is -1.96. The van der Waals surface area contributed by atoms with E-state index in [-0.39, 0.29) is 20.3 Å². The molecule has 0 aliphatic carbocycles. The van der Waals surface area contributed by atoms with Crippen LogP contribution in [0.25, 0.3) is 32.3 Å². The third-order valence-corrected chi connectivity index (χ3v) is 3.92. The third kappa shape index (κ3) is 2.83. The molecule has 0 spiro atoms. The summed E-state index contributed by atoms with van der Waals surface area (Å²) in [6.07, 6.45) is 0. The van der Waals surface area contributed by atoms with Gasteiger partial charge in [0, 0.05) is 5.39 Å². The molecule has 4 aromatic carbocycles. The molecular formula is C18H14BLiO3. The summed E-state index contributed by atoms with van der Waals surface area (Å²) < 4.78 is 5.16. The molecule has 5 heteroatoms. The fourth-order valence-electron chi connectivity index (χ4n) is 2.98. The minimum atomic E-state index is -1.83. The predicted molar refractivity (Wildman–Crippen MR) is 90.9 cm³/mol. The van der Waals surface area contributed by atoms with Crippen molar-refractivity contribution in [3.05, 3.63) is 66.7 Å². The van der Waals surface area contributed by atoms with Gasteiger partial charge in [-0.15, -0.1) is 0 Å². The van der Waals surface area contributed by atoms with Gasteiger partial charge in [-0.25, -0.2) is 0 Å². The summed E-state index contributed by atoms with van der Waals surface area (Å²) in [5, 5.41) is 24.6. The summed E-state index contributed by atoms with van der Waals surface area (Å²) in [6, 6.07) is 22.1. The first kappa shape index (κ1) is 15.9. The Kier molecular flexibility index (Phi) is 4.34. The summed E-state index contributed by atoms with van der Waals surface area (Å²) in [5.41, 5.74) is 0. The zero-order chi connectivity index (χ0) is 15.1. The van der Waals surface area contributed by atoms with Gasteiger partial charge in [0.15, 0.2) is 0 Å². The molecule has 0 saturated heterocycles. The van der Waals surface area contributed by atoms with Crippen molar-refractivity contribution >= 4 is 39.6 Å². The fraction of sp³-hybridized carbons (Fsp3) is 0. The van der Waals surface area contributed by atoms with E-state index in [0.29, 0.717) is 5.75 Å². The van der Waals surface area contributed by atoms with Crippen LogP contribution in [0.15, 0.2) is 66.7 Å². The van der Waals surface area contributed by atoms with Crippen LogP contribution in [-0.2, 0) is 0 Å². The van der Waals surface area contributed by atoms with E-state index in [2.05, 4.69) is 30.3 Å². The largest absolute Gasteiger partial charge is 1.00 e. The second-order valence-electron chi connectivity index (χ2n) is 5.28. The number of benzene rings is 4. The van der Waals surface area contributed by atoms with Gasteiger partial charge in [-0.2, -0.15) is 0 Å². The molecule has 2 N–H and O–H groups in total. The van der Waals surface area contributed by atoms with Crippen molar-refractivity contribution in [2.45, 2.75) is 0 Å². The number of fused-ring (bicyclic) bond motifs is 4. The summed E-state index contributed by atoms with van der Waals surface area (Å²) in [7, 11) is -1.83. The van der Waals surface area contributed by atoms with Crippen LogP contribution in [0.1, 0.15) is 1.43 Å². The van der Waals surface area contributed by atoms with Crippen molar-refractivity contribution < 1.29 is 35.0 Å². The molecule has 4 rings (SSSR count). The number of hydrogen-bond acceptors (Lipinski definition) is 3. The Balaban J connectivity index is 0.00000104. The van der Waals surface area contributed by atoms with E-state index in [1.54, 1.807) is 6.07 Å². The van der Waals surface area contributed by atoms with Crippen LogP contribution < -0.4 is 23.5 Å². The quantitative estimate of drug-likeness (QED) is 0.324. The van der Waals surface area contributed by atoms with Crippen LogP contribution in [0.2, 0.25) is 0 Å². The van der Waals surface area contributed by atoms with E-state index >= 15 is 0 Å². The van der Waals surface area contributed by atoms with Crippen molar-refractivity contribution in [2.24, 2.45) is 0 Å². The third-order valence-electron chi connectivity index (χ3n) is 3.92. The Morgan fingerprint density at radius 3 is 2.13 bits per heavy atom. The molecule has 0 aliphatic heterocycles. The molecule has 3 nitrogen and oxygen atoms in total. The van der Waals surface area contributed by atoms with Gasteiger partial charge in [-0.05, 0) is 45.1 Å². The van der Waals surface area contributed by atoms with Crippen LogP contribution in [-0.4, -0.2) is 17.4 Å². The molecule has 0 heterocycles. The van der Waals surface area contributed by atoms with Crippen molar-refractivity contribution in [1.29, 1.82) is 0 Å². The molecule has 0 amide bonds. The molecule has 4 aromatic rings. The van der Waals surface area contributed by atoms with Crippen molar-refractivity contribution in [2.75, 3.05) is 0 Å². The Labute approximate surface area is 147 Å². The van der Waals surface area contributed by atoms with Gasteiger partial charge in [0.05, 0.1) is 0 Å². The maximum absolute atomic E-state index is 9.14. The van der Waals surface area contributed by atoms with Crippen LogP contribution in [0.5, 0.6) is 5.75 Å². The van der Waals surface area contributed by atoms with Crippen LogP contribution >= 0.6 is 0 Å². The molecular weight excluding hydrogens is 282 g/mol. The van der Waals surface area contributed by atoms with E-state index in [9.17, 15) is 0 Å². The average molecular weight is 296 g/mol. The molecule has 0 aromatic heterocycles. The van der Waals surface area contributed by atoms with Crippen molar-refractivity contribution in [3.63, 3.8) is 0 Å². The topological polar surface area (TPSA) is 49.7 Å². The summed E-state index contributed by atoms with van der Waals surface area (Å²) in [4.78, 5) is 0. The second kappa shape index (κ2) is 6.27. The van der Waals surface area contributed by atoms with E-state index in [0.717, 1.165) is 26.9 Å². The molecule has 0 fully saturated rings. The zero-order valence-electron chi connectivity index (χ0n) is 13.7. The standard InChI is InChI=1S/C18H13BO3.Li.H/c20-19(21)22-17-7-3-6-12-8-9-15-10-13-4-1-2-5-14(13)11-16(15)18(12)17;;/h1-11,20-21H;;/q;+1;-1. The number of hydrogen-bond donors (Lipinski definition) is 2. The van der Waals surface area contributed by atoms with E-state index < -0.39 is 7.32 Å². The molecule has 0 radical (unpaired) electrons. The van der Waals surface area contributed by atoms with Gasteiger partial charge >= 0.3 is 26.2 Å². The van der Waals surface area contributed by atoms with E-state index in [4.69, 9.17) is 14.7 Å². The Bertz CT molecular complexity index is 1010. The van der Waals surface area contributed by atoms with Gasteiger partial charge in [-0.3, -0.25) is 0 Å². The van der Waals surface area contributed by atoms with Crippen LogP contribution in [0.4, 0.5) is 0 Å². The predicted octanol–water partition coefficient (Wildman–Crippen LogP) is 0.611. The van der Waals surface area contributed by atoms with Crippen LogP contribution in [0.3, 0.4) is 0 Å². The first-order chi connectivity index (χ1) is 10.7. The molecule has 0 unspecified atom stereocenters. The SMILES string of the molecule is OB(O)Oc1cccc2ccc3cc4ccccc4cc3c12.[H-].[Li+]. The number of rotatable bonds is 2.